The molecule has 7 nitrogen and oxygen atoms in total. The van der Waals surface area contributed by atoms with Crippen LogP contribution in [0.1, 0.15) is 21.5 Å². The molecular weight excluding hydrogens is 404 g/mol. The lowest BCUT2D eigenvalue weighted by Gasteiger charge is -2.13. The number of benzene rings is 1. The van der Waals surface area contributed by atoms with Gasteiger partial charge in [0, 0.05) is 60.2 Å². The molecule has 0 unspecified atom stereocenters. The molecule has 1 aromatic carbocycles. The Labute approximate surface area is 186 Å². The third-order valence-corrected chi connectivity index (χ3v) is 4.92. The maximum Gasteiger partial charge on any atom is 0.251 e. The van der Waals surface area contributed by atoms with Crippen molar-refractivity contribution < 1.29 is 14.3 Å². The first-order chi connectivity index (χ1) is 15.6. The van der Waals surface area contributed by atoms with Crippen LogP contribution in [0, 0.1) is 6.92 Å². The van der Waals surface area contributed by atoms with Crippen LogP contribution in [0.15, 0.2) is 79.4 Å². The van der Waals surface area contributed by atoms with Gasteiger partial charge in [-0.05, 0) is 42.8 Å². The van der Waals surface area contributed by atoms with Crippen molar-refractivity contribution in [3.05, 3.63) is 96.1 Å². The number of methoxy groups -OCH3 is 1. The Bertz CT molecular complexity index is 1210. The van der Waals surface area contributed by atoms with Crippen LogP contribution >= 0.6 is 0 Å². The average molecular weight is 426 g/mol. The Morgan fingerprint density at radius 2 is 1.84 bits per heavy atom. The van der Waals surface area contributed by atoms with E-state index in [4.69, 9.17) is 9.47 Å². The van der Waals surface area contributed by atoms with Crippen molar-refractivity contribution >= 4 is 5.91 Å². The fraction of sp³-hybridized carbons (Fsp3) is 0.120. The van der Waals surface area contributed by atoms with Crippen molar-refractivity contribution in [3.63, 3.8) is 0 Å². The summed E-state index contributed by atoms with van der Waals surface area (Å²) in [6.07, 6.45) is 6.81. The highest BCUT2D eigenvalue weighted by molar-refractivity contribution is 5.96. The number of hydrogen-bond acceptors (Lipinski definition) is 6. The molecule has 4 rings (SSSR count). The van der Waals surface area contributed by atoms with Gasteiger partial charge in [-0.1, -0.05) is 12.1 Å². The molecule has 0 fully saturated rings. The molecule has 0 atom stereocenters. The number of amides is 1. The van der Waals surface area contributed by atoms with E-state index in [0.717, 1.165) is 22.4 Å². The van der Waals surface area contributed by atoms with Gasteiger partial charge in [0.15, 0.2) is 0 Å². The molecule has 3 aromatic heterocycles. The first kappa shape index (κ1) is 21.0. The van der Waals surface area contributed by atoms with Crippen molar-refractivity contribution in [1.29, 1.82) is 0 Å². The van der Waals surface area contributed by atoms with E-state index in [1.54, 1.807) is 56.2 Å². The zero-order valence-electron chi connectivity index (χ0n) is 17.8. The van der Waals surface area contributed by atoms with E-state index in [9.17, 15) is 4.79 Å². The van der Waals surface area contributed by atoms with Gasteiger partial charge in [-0.15, -0.1) is 0 Å². The summed E-state index contributed by atoms with van der Waals surface area (Å²) < 4.78 is 11.1. The van der Waals surface area contributed by atoms with E-state index < -0.39 is 0 Å². The fourth-order valence-electron chi connectivity index (χ4n) is 3.17. The van der Waals surface area contributed by atoms with Crippen LogP contribution in [-0.2, 0) is 6.54 Å². The van der Waals surface area contributed by atoms with Crippen molar-refractivity contribution in [2.75, 3.05) is 7.11 Å². The Kier molecular flexibility index (Phi) is 6.36. The van der Waals surface area contributed by atoms with E-state index in [1.807, 2.05) is 37.3 Å². The number of carbonyl (C=O) groups excluding carboxylic acids is 1. The van der Waals surface area contributed by atoms with Gasteiger partial charge in [0.1, 0.15) is 11.5 Å². The van der Waals surface area contributed by atoms with Crippen molar-refractivity contribution in [2.24, 2.45) is 0 Å². The van der Waals surface area contributed by atoms with Gasteiger partial charge in [-0.25, -0.2) is 4.98 Å². The molecule has 0 aliphatic rings. The molecule has 1 N–H and O–H groups in total. The monoisotopic (exact) mass is 426 g/mol. The van der Waals surface area contributed by atoms with Gasteiger partial charge in [-0.3, -0.25) is 14.8 Å². The molecule has 0 saturated heterocycles. The van der Waals surface area contributed by atoms with Crippen LogP contribution in [0.2, 0.25) is 0 Å². The summed E-state index contributed by atoms with van der Waals surface area (Å²) in [7, 11) is 1.56. The second kappa shape index (κ2) is 9.70. The second-order valence-electron chi connectivity index (χ2n) is 7.03. The zero-order chi connectivity index (χ0) is 22.3. The van der Waals surface area contributed by atoms with Gasteiger partial charge in [0.05, 0.1) is 12.8 Å². The smallest absolute Gasteiger partial charge is 0.251 e. The van der Waals surface area contributed by atoms with E-state index in [0.29, 0.717) is 29.5 Å². The number of carbonyl (C=O) groups is 1. The zero-order valence-corrected chi connectivity index (χ0v) is 17.8. The molecule has 7 heteroatoms. The predicted octanol–water partition coefficient (Wildman–Crippen LogP) is 4.58. The minimum absolute atomic E-state index is 0.184. The summed E-state index contributed by atoms with van der Waals surface area (Å²) in [5.74, 6) is 1.59. The molecule has 0 aliphatic carbocycles. The summed E-state index contributed by atoms with van der Waals surface area (Å²) in [4.78, 5) is 25.4. The highest BCUT2D eigenvalue weighted by Gasteiger charge is 2.13. The summed E-state index contributed by atoms with van der Waals surface area (Å²) in [6.45, 7) is 2.23. The molecule has 0 bridgehead atoms. The van der Waals surface area contributed by atoms with Crippen LogP contribution in [0.25, 0.3) is 11.3 Å². The number of pyridine rings is 3. The Morgan fingerprint density at radius 3 is 2.59 bits per heavy atom. The maximum absolute atomic E-state index is 12.8. The third kappa shape index (κ3) is 4.89. The highest BCUT2D eigenvalue weighted by atomic mass is 16.5. The topological polar surface area (TPSA) is 86.2 Å². The number of ether oxygens (including phenoxy) is 2. The van der Waals surface area contributed by atoms with Crippen molar-refractivity contribution in [2.45, 2.75) is 13.5 Å². The number of aromatic nitrogens is 3. The van der Waals surface area contributed by atoms with Crippen LogP contribution < -0.4 is 14.8 Å². The molecule has 0 saturated carbocycles. The van der Waals surface area contributed by atoms with E-state index in [2.05, 4.69) is 20.3 Å². The van der Waals surface area contributed by atoms with Crippen molar-refractivity contribution in [3.8, 4) is 28.6 Å². The molecule has 32 heavy (non-hydrogen) atoms. The van der Waals surface area contributed by atoms with Crippen molar-refractivity contribution in [1.82, 2.24) is 20.3 Å². The first-order valence-corrected chi connectivity index (χ1v) is 10.0. The molecule has 4 aromatic rings. The minimum atomic E-state index is -0.184. The molecule has 0 spiro atoms. The van der Waals surface area contributed by atoms with Gasteiger partial charge in [-0.2, -0.15) is 0 Å². The SMILES string of the molecule is COc1ccc(CNC(=O)c2cccc(Oc3ccnc(-c4ccncc4)c3)c2C)cn1. The van der Waals surface area contributed by atoms with Crippen LogP contribution in [-0.4, -0.2) is 28.0 Å². The fourth-order valence-corrected chi connectivity index (χ4v) is 3.17. The standard InChI is InChI=1S/C25H22N4O3/c1-17-21(25(30)29-16-18-6-7-24(31-2)28-15-18)4-3-5-23(17)32-20-10-13-27-22(14-20)19-8-11-26-12-9-19/h3-15H,16H2,1-2H3,(H,29,30). The summed E-state index contributed by atoms with van der Waals surface area (Å²) in [5.41, 5.74) is 3.91. The predicted molar refractivity (Wildman–Crippen MR) is 121 cm³/mol. The summed E-state index contributed by atoms with van der Waals surface area (Å²) in [6, 6.07) is 16.5. The van der Waals surface area contributed by atoms with Gasteiger partial charge in [0.25, 0.3) is 5.91 Å². The number of hydrogen-bond donors (Lipinski definition) is 1. The maximum atomic E-state index is 12.8. The lowest BCUT2D eigenvalue weighted by atomic mass is 10.1. The Morgan fingerprint density at radius 1 is 1.00 bits per heavy atom. The van der Waals surface area contributed by atoms with Gasteiger partial charge >= 0.3 is 0 Å². The highest BCUT2D eigenvalue weighted by Crippen LogP contribution is 2.29. The van der Waals surface area contributed by atoms with Gasteiger partial charge < -0.3 is 14.8 Å². The van der Waals surface area contributed by atoms with E-state index in [1.165, 1.54) is 0 Å². The largest absolute Gasteiger partial charge is 0.481 e. The normalized spacial score (nSPS) is 10.4. The van der Waals surface area contributed by atoms with Crippen LogP contribution in [0.5, 0.6) is 17.4 Å². The molecule has 160 valence electrons. The van der Waals surface area contributed by atoms with Crippen LogP contribution in [0.4, 0.5) is 0 Å². The molecule has 3 heterocycles. The molecular formula is C25H22N4O3. The number of rotatable bonds is 7. The number of nitrogens with one attached hydrogen (secondary N) is 1. The first-order valence-electron chi connectivity index (χ1n) is 10.0. The van der Waals surface area contributed by atoms with E-state index >= 15 is 0 Å². The lowest BCUT2D eigenvalue weighted by Crippen LogP contribution is -2.23. The third-order valence-electron chi connectivity index (χ3n) is 4.92. The molecule has 0 aliphatic heterocycles. The Hall–Kier alpha value is -4.26. The molecule has 1 amide bonds. The van der Waals surface area contributed by atoms with Crippen LogP contribution in [0.3, 0.4) is 0 Å². The minimum Gasteiger partial charge on any atom is -0.481 e. The average Bonchev–Trinajstić information content (AvgIpc) is 2.85. The van der Waals surface area contributed by atoms with Gasteiger partial charge in [0.2, 0.25) is 5.88 Å². The summed E-state index contributed by atoms with van der Waals surface area (Å²) in [5, 5.41) is 2.92. The Balaban J connectivity index is 1.48. The number of nitrogens with zero attached hydrogens (tertiary/aromatic N) is 3. The summed E-state index contributed by atoms with van der Waals surface area (Å²) >= 11 is 0. The lowest BCUT2D eigenvalue weighted by molar-refractivity contribution is 0.0950. The second-order valence-corrected chi connectivity index (χ2v) is 7.03. The quantitative estimate of drug-likeness (QED) is 0.466. The molecule has 0 radical (unpaired) electrons. The van der Waals surface area contributed by atoms with E-state index in [-0.39, 0.29) is 5.91 Å².